The molecule has 0 N–H and O–H groups in total. The average Bonchev–Trinajstić information content (AvgIpc) is 3.31. The summed E-state index contributed by atoms with van der Waals surface area (Å²) in [5.74, 6) is -8.13. The zero-order chi connectivity index (χ0) is 53.4. The number of fused-ring (bicyclic) bond motifs is 2. The maximum atomic E-state index is 15.8. The van der Waals surface area contributed by atoms with Crippen LogP contribution in [0.5, 0.6) is 0 Å². The van der Waals surface area contributed by atoms with Crippen LogP contribution in [0.3, 0.4) is 0 Å². The third-order valence-electron chi connectivity index (χ3n) is 12.1. The maximum Gasteiger partial charge on any atom is 0.428 e. The van der Waals surface area contributed by atoms with Gasteiger partial charge in [0.15, 0.2) is 16.1 Å². The van der Waals surface area contributed by atoms with Crippen LogP contribution < -0.4 is 14.8 Å². The minimum atomic E-state index is -7.64. The van der Waals surface area contributed by atoms with Gasteiger partial charge in [-0.15, -0.1) is 0 Å². The molecule has 0 atom stereocenters. The topological polar surface area (TPSA) is 165 Å². The predicted molar refractivity (Wildman–Crippen MR) is 264 cm³/mol. The minimum Gasteiger partial charge on any atom is -0.464 e. The molecule has 4 aromatic carbocycles. The Morgan fingerprint density at radius 2 is 1.32 bits per heavy atom. The molecule has 0 saturated heterocycles. The average molecular weight is 1070 g/mol. The number of hydrogen-bond acceptors (Lipinski definition) is 10. The first-order valence-electron chi connectivity index (χ1n) is 22.6. The molecule has 22 heteroatoms. The van der Waals surface area contributed by atoms with Gasteiger partial charge in [-0.3, -0.25) is 4.79 Å². The number of ether oxygens (including phenoxy) is 1. The van der Waals surface area contributed by atoms with Crippen molar-refractivity contribution in [3.05, 3.63) is 131 Å². The van der Waals surface area contributed by atoms with Crippen LogP contribution in [0.4, 0.5) is 43.4 Å². The summed E-state index contributed by atoms with van der Waals surface area (Å²) in [6.45, 7) is 9.90. The van der Waals surface area contributed by atoms with Crippen molar-refractivity contribution in [2.75, 3.05) is 24.6 Å². The third-order valence-corrected chi connectivity index (χ3v) is 17.5. The number of hydrogen-bond donors (Lipinski definition) is 0. The van der Waals surface area contributed by atoms with E-state index in [1.807, 2.05) is 97.8 Å². The van der Waals surface area contributed by atoms with Gasteiger partial charge in [0.05, 0.1) is 16.4 Å². The van der Waals surface area contributed by atoms with Crippen LogP contribution in [0.2, 0.25) is 0 Å². The lowest BCUT2D eigenvalue weighted by Crippen LogP contribution is -2.63. The molecule has 0 spiro atoms. The van der Waals surface area contributed by atoms with E-state index in [0.29, 0.717) is 11.0 Å². The van der Waals surface area contributed by atoms with Gasteiger partial charge < -0.3 is 18.2 Å². The van der Waals surface area contributed by atoms with E-state index in [-0.39, 0.29) is 51.9 Å². The van der Waals surface area contributed by atoms with Crippen LogP contribution in [0.1, 0.15) is 61.8 Å². The molecule has 388 valence electrons. The van der Waals surface area contributed by atoms with E-state index in [1.54, 1.807) is 43.3 Å². The third kappa shape index (κ3) is 10.2. The van der Waals surface area contributed by atoms with Crippen molar-refractivity contribution in [1.29, 1.82) is 0 Å². The highest BCUT2D eigenvalue weighted by molar-refractivity contribution is 8.12. The summed E-state index contributed by atoms with van der Waals surface area (Å²) in [6.07, 6.45) is 0.222. The van der Waals surface area contributed by atoms with Crippen molar-refractivity contribution >= 4 is 64.1 Å². The second-order valence-corrected chi connectivity index (χ2v) is 23.4. The van der Waals surface area contributed by atoms with Crippen molar-refractivity contribution in [2.45, 2.75) is 95.2 Å². The van der Waals surface area contributed by atoms with Crippen LogP contribution in [-0.4, -0.2) is 83.7 Å². The summed E-state index contributed by atoms with van der Waals surface area (Å²) in [6, 6.07) is 32.6. The first-order valence-corrected chi connectivity index (χ1v) is 27.0. The minimum absolute atomic E-state index is 0.0287. The molecule has 0 fully saturated rings. The number of halogens is 6. The second kappa shape index (κ2) is 20.6. The molecular weight excluding hydrogens is 1010 g/mol. The summed E-state index contributed by atoms with van der Waals surface area (Å²) >= 11 is 0. The van der Waals surface area contributed by atoms with Crippen molar-refractivity contribution < 1.29 is 65.5 Å². The highest BCUT2D eigenvalue weighted by atomic mass is 32.3. The molecular formula is C50H54F6N4O9S3. The largest absolute Gasteiger partial charge is 0.464 e. The van der Waals surface area contributed by atoms with E-state index in [0.717, 1.165) is 30.4 Å². The fourth-order valence-corrected chi connectivity index (χ4v) is 12.3. The lowest BCUT2D eigenvalue weighted by Gasteiger charge is -2.37. The Hall–Kier alpha value is -5.81. The van der Waals surface area contributed by atoms with E-state index >= 15 is 26.3 Å². The number of esters is 1. The zero-order valence-corrected chi connectivity index (χ0v) is 42.9. The van der Waals surface area contributed by atoms with E-state index in [4.69, 9.17) is 9.15 Å². The number of carbonyl (C=O) groups excluding carboxylic acids is 1. The fraction of sp³-hybridized carbons (Fsp3) is 0.360. The van der Waals surface area contributed by atoms with Gasteiger partial charge in [0.25, 0.3) is 10.0 Å². The smallest absolute Gasteiger partial charge is 0.428 e. The number of sulfonamides is 3. The van der Waals surface area contributed by atoms with Gasteiger partial charge >= 0.3 is 22.4 Å². The summed E-state index contributed by atoms with van der Waals surface area (Å²) in [5, 5.41) is -13.3. The molecule has 1 aliphatic heterocycles. The van der Waals surface area contributed by atoms with E-state index in [2.05, 4.69) is 4.13 Å². The molecule has 1 aliphatic carbocycles. The summed E-state index contributed by atoms with van der Waals surface area (Å²) < 4.78 is 190. The van der Waals surface area contributed by atoms with Gasteiger partial charge in [0.2, 0.25) is 11.0 Å². The number of nitrogens with zero attached hydrogens (tertiary/aromatic N) is 4. The Bertz CT molecular complexity index is 3340. The standard InChI is InChI=1S/C50H54F6N4O9S3/c1-9-47(7,8)46(61)68-30-29-58(10-2)72(66,67)50(55,56)48(51,52)49(53,54)71(64,65)57-70(62,63)44-24-18-17-23-41(44)45-39-27-25-37(59(33(3)4)35-19-13-11-14-20-35)31-42(39)69-43-32-38(26-28-40(43)45)60(34(5)6)36-21-15-12-16-22-36/h11-28,31-34H,9-10,29-30H2,1-8H3. The van der Waals surface area contributed by atoms with E-state index < -0.39 is 86.8 Å². The number of rotatable bonds is 20. The van der Waals surface area contributed by atoms with Gasteiger partial charge in [-0.2, -0.15) is 35.2 Å². The molecule has 2 aliphatic rings. The Morgan fingerprint density at radius 1 is 0.722 bits per heavy atom. The maximum absolute atomic E-state index is 15.8. The molecule has 0 radical (unpaired) electrons. The monoisotopic (exact) mass is 1060 g/mol. The van der Waals surface area contributed by atoms with Crippen LogP contribution in [0, 0.1) is 5.41 Å². The molecule has 6 rings (SSSR count). The highest BCUT2D eigenvalue weighted by Crippen LogP contribution is 2.54. The molecule has 13 nitrogen and oxygen atoms in total. The van der Waals surface area contributed by atoms with Gasteiger partial charge in [-0.25, -0.2) is 25.3 Å². The van der Waals surface area contributed by atoms with Crippen LogP contribution in [0.15, 0.2) is 131 Å². The Balaban J connectivity index is 1.49. The molecule has 0 aromatic heterocycles. The van der Waals surface area contributed by atoms with Crippen LogP contribution >= 0.6 is 0 Å². The van der Waals surface area contributed by atoms with E-state index in [9.17, 15) is 30.0 Å². The van der Waals surface area contributed by atoms with Crippen molar-refractivity contribution in [3.63, 3.8) is 0 Å². The lowest BCUT2D eigenvalue weighted by molar-refractivity contribution is -0.244. The number of likely N-dealkylation sites (N-methyl/N-ethyl adjacent to an activating group) is 1. The van der Waals surface area contributed by atoms with Gasteiger partial charge in [0, 0.05) is 76.8 Å². The van der Waals surface area contributed by atoms with Gasteiger partial charge in [-0.1, -0.05) is 68.4 Å². The second-order valence-electron chi connectivity index (χ2n) is 17.9. The fourth-order valence-electron chi connectivity index (χ4n) is 7.92. The number of benzene rings is 5. The normalized spacial score (nSPS) is 13.8. The highest BCUT2D eigenvalue weighted by Gasteiger charge is 2.81. The molecule has 1 heterocycles. The summed E-state index contributed by atoms with van der Waals surface area (Å²) in [4.78, 5) is 13.2. The Kier molecular flexibility index (Phi) is 15.9. The van der Waals surface area contributed by atoms with E-state index in [1.165, 1.54) is 26.0 Å². The van der Waals surface area contributed by atoms with Gasteiger partial charge in [0.1, 0.15) is 28.0 Å². The first-order chi connectivity index (χ1) is 33.5. The summed E-state index contributed by atoms with van der Waals surface area (Å²) in [5.41, 5.74) is 1.10. The number of alkyl halides is 6. The Morgan fingerprint density at radius 3 is 1.90 bits per heavy atom. The molecule has 0 amide bonds. The molecule has 0 unspecified atom stereocenters. The van der Waals surface area contributed by atoms with Crippen LogP contribution in [0.25, 0.3) is 37.5 Å². The number of carbonyl (C=O) groups is 1. The van der Waals surface area contributed by atoms with Crippen molar-refractivity contribution in [2.24, 2.45) is 5.41 Å². The number of para-hydroxylation sites is 2. The van der Waals surface area contributed by atoms with Crippen LogP contribution in [-0.2, 0) is 39.6 Å². The zero-order valence-electron chi connectivity index (χ0n) is 40.5. The number of anilines is 2. The molecule has 0 saturated carbocycles. The SMILES string of the molecule is CCN(CCOC(=O)C(C)(C)CC)S(=O)(=O)C(F)(F)C(F)(F)C(F)(F)S(=O)(=O)[N-]S(=O)(=O)c1ccccc1-c1c2ccc(=[N+](c3ccccc3)C(C)C)cc-2oc2cc(N(c3ccccc3)C(C)C)ccc12. The van der Waals surface area contributed by atoms with Crippen molar-refractivity contribution in [3.8, 4) is 22.5 Å². The quantitative estimate of drug-likeness (QED) is 0.0311. The molecule has 4 aromatic rings. The molecule has 0 bridgehead atoms. The van der Waals surface area contributed by atoms with Crippen molar-refractivity contribution in [1.82, 2.24) is 8.88 Å². The molecule has 72 heavy (non-hydrogen) atoms. The Labute approximate surface area is 415 Å². The predicted octanol–water partition coefficient (Wildman–Crippen LogP) is 11.1. The van der Waals surface area contributed by atoms with Gasteiger partial charge in [-0.05, 0) is 84.4 Å². The lowest BCUT2D eigenvalue weighted by atomic mass is 9.91. The first kappa shape index (κ1) is 55.5. The summed E-state index contributed by atoms with van der Waals surface area (Å²) in [7, 11) is -20.7.